The first kappa shape index (κ1) is 27.5. The van der Waals surface area contributed by atoms with Crippen molar-refractivity contribution in [1.29, 1.82) is 0 Å². The molecule has 4 rings (SSSR count). The van der Waals surface area contributed by atoms with Crippen LogP contribution in [0.3, 0.4) is 0 Å². The van der Waals surface area contributed by atoms with Crippen LogP contribution in [0.4, 0.5) is 0 Å². The molecule has 39 heavy (non-hydrogen) atoms. The second-order valence-electron chi connectivity index (χ2n) is 9.38. The molecule has 0 amide bonds. The van der Waals surface area contributed by atoms with E-state index in [0.29, 0.717) is 19.6 Å². The van der Waals surface area contributed by atoms with Crippen LogP contribution < -0.4 is 4.74 Å². The average Bonchev–Trinajstić information content (AvgIpc) is 3.30. The van der Waals surface area contributed by atoms with Gasteiger partial charge in [0.05, 0.1) is 6.61 Å². The van der Waals surface area contributed by atoms with E-state index >= 15 is 0 Å². The van der Waals surface area contributed by atoms with E-state index in [9.17, 15) is 9.59 Å². The van der Waals surface area contributed by atoms with Crippen molar-refractivity contribution < 1.29 is 24.5 Å². The molecule has 4 aromatic rings. The van der Waals surface area contributed by atoms with Crippen LogP contribution in [0.25, 0.3) is 29.1 Å². The van der Waals surface area contributed by atoms with E-state index in [1.807, 2.05) is 71.4 Å². The zero-order valence-electron chi connectivity index (χ0n) is 21.8. The van der Waals surface area contributed by atoms with Crippen LogP contribution >= 0.6 is 0 Å². The first-order chi connectivity index (χ1) is 19.0. The van der Waals surface area contributed by atoms with E-state index in [1.165, 1.54) is 5.56 Å². The van der Waals surface area contributed by atoms with Gasteiger partial charge < -0.3 is 19.5 Å². The lowest BCUT2D eigenvalue weighted by Crippen LogP contribution is -2.00. The third-order valence-corrected chi connectivity index (χ3v) is 6.47. The highest BCUT2D eigenvalue weighted by Crippen LogP contribution is 2.29. The highest BCUT2D eigenvalue weighted by atomic mass is 16.5. The fraction of sp³-hybridized carbons (Fsp3) is 0.212. The van der Waals surface area contributed by atoms with E-state index in [2.05, 4.69) is 24.3 Å². The minimum Gasteiger partial charge on any atom is -0.494 e. The monoisotopic (exact) mass is 523 g/mol. The summed E-state index contributed by atoms with van der Waals surface area (Å²) in [6.07, 6.45) is 12.3. The molecule has 200 valence electrons. The highest BCUT2D eigenvalue weighted by molar-refractivity contribution is 5.99. The number of aliphatic carboxylic acids is 2. The van der Waals surface area contributed by atoms with Crippen molar-refractivity contribution in [2.75, 3.05) is 6.61 Å². The molecule has 1 aromatic heterocycles. The van der Waals surface area contributed by atoms with Crippen molar-refractivity contribution in [3.8, 4) is 5.75 Å². The molecule has 0 aliphatic carbocycles. The molecule has 0 bridgehead atoms. The van der Waals surface area contributed by atoms with Gasteiger partial charge in [-0.05, 0) is 66.6 Å². The predicted molar refractivity (Wildman–Crippen MR) is 156 cm³/mol. The number of hydrogen-bond acceptors (Lipinski definition) is 3. The first-order valence-electron chi connectivity index (χ1n) is 13.2. The normalized spacial score (nSPS) is 11.5. The van der Waals surface area contributed by atoms with Crippen LogP contribution in [-0.2, 0) is 22.6 Å². The zero-order chi connectivity index (χ0) is 27.5. The smallest absolute Gasteiger partial charge is 0.328 e. The van der Waals surface area contributed by atoms with E-state index in [1.54, 1.807) is 6.08 Å². The molecule has 0 saturated carbocycles. The number of rotatable bonds is 14. The molecule has 0 unspecified atom stereocenters. The summed E-state index contributed by atoms with van der Waals surface area (Å²) in [4.78, 5) is 22.1. The summed E-state index contributed by atoms with van der Waals surface area (Å²) in [5.74, 6) is -1.01. The Labute approximate surface area is 228 Å². The zero-order valence-corrected chi connectivity index (χ0v) is 21.8. The van der Waals surface area contributed by atoms with Crippen molar-refractivity contribution in [3.05, 3.63) is 107 Å². The number of carbonyl (C=O) groups is 2. The number of aryl methyl sites for hydroxylation is 2. The van der Waals surface area contributed by atoms with Gasteiger partial charge in [0, 0.05) is 41.7 Å². The number of aromatic nitrogens is 1. The van der Waals surface area contributed by atoms with Crippen molar-refractivity contribution in [1.82, 2.24) is 4.57 Å². The quantitative estimate of drug-likeness (QED) is 0.104. The summed E-state index contributed by atoms with van der Waals surface area (Å²) in [5.41, 5.74) is 5.03. The average molecular weight is 524 g/mol. The largest absolute Gasteiger partial charge is 0.494 e. The van der Waals surface area contributed by atoms with Crippen LogP contribution in [-0.4, -0.2) is 33.3 Å². The highest BCUT2D eigenvalue weighted by Gasteiger charge is 2.11. The Balaban J connectivity index is 1.42. The van der Waals surface area contributed by atoms with Crippen molar-refractivity contribution in [2.45, 2.75) is 38.6 Å². The second-order valence-corrected chi connectivity index (χ2v) is 9.38. The maximum atomic E-state index is 11.2. The Morgan fingerprint density at radius 2 is 1.59 bits per heavy atom. The molecule has 6 nitrogen and oxygen atoms in total. The van der Waals surface area contributed by atoms with Crippen LogP contribution in [0.2, 0.25) is 0 Å². The molecule has 1 heterocycles. The van der Waals surface area contributed by atoms with E-state index in [0.717, 1.165) is 58.7 Å². The lowest BCUT2D eigenvalue weighted by atomic mass is 10.0. The van der Waals surface area contributed by atoms with Crippen LogP contribution in [0, 0.1) is 0 Å². The molecule has 0 fully saturated rings. The number of carboxylic acids is 2. The number of fused-ring (bicyclic) bond motifs is 1. The summed E-state index contributed by atoms with van der Waals surface area (Å²) < 4.78 is 7.90. The number of benzene rings is 3. The maximum absolute atomic E-state index is 11.2. The van der Waals surface area contributed by atoms with Gasteiger partial charge >= 0.3 is 11.9 Å². The van der Waals surface area contributed by atoms with Crippen molar-refractivity contribution in [2.24, 2.45) is 0 Å². The molecular formula is C33H33NO5. The van der Waals surface area contributed by atoms with Gasteiger partial charge in [-0.2, -0.15) is 0 Å². The second kappa shape index (κ2) is 13.8. The summed E-state index contributed by atoms with van der Waals surface area (Å²) >= 11 is 0. The summed E-state index contributed by atoms with van der Waals surface area (Å²) in [5, 5.41) is 19.1. The van der Waals surface area contributed by atoms with Crippen LogP contribution in [0.1, 0.15) is 47.9 Å². The fourth-order valence-corrected chi connectivity index (χ4v) is 4.55. The van der Waals surface area contributed by atoms with Gasteiger partial charge in [0.1, 0.15) is 5.75 Å². The third kappa shape index (κ3) is 8.20. The summed E-state index contributed by atoms with van der Waals surface area (Å²) in [7, 11) is 0. The number of ether oxygens (including phenoxy) is 1. The molecule has 0 radical (unpaired) electrons. The number of nitrogens with zero attached hydrogens (tertiary/aromatic N) is 1. The number of hydrogen-bond donors (Lipinski definition) is 2. The molecular weight excluding hydrogens is 490 g/mol. The van der Waals surface area contributed by atoms with E-state index in [4.69, 9.17) is 14.9 Å². The SMILES string of the molecule is O=C(O)/C=C/c1cn(CCCC(=O)O)c2cccc(/C=C/c3ccc(OCCCCc4ccccc4)cc3)c12. The molecule has 0 aliphatic rings. The predicted octanol–water partition coefficient (Wildman–Crippen LogP) is 7.18. The first-order valence-corrected chi connectivity index (χ1v) is 13.2. The molecule has 0 atom stereocenters. The Kier molecular flexibility index (Phi) is 9.73. The maximum Gasteiger partial charge on any atom is 0.328 e. The van der Waals surface area contributed by atoms with Crippen LogP contribution in [0.15, 0.2) is 85.1 Å². The van der Waals surface area contributed by atoms with Gasteiger partial charge in [-0.3, -0.25) is 4.79 Å². The molecule has 2 N–H and O–H groups in total. The molecule has 3 aromatic carbocycles. The topological polar surface area (TPSA) is 88.8 Å². The summed E-state index contributed by atoms with van der Waals surface area (Å²) in [6.45, 7) is 1.21. The van der Waals surface area contributed by atoms with Gasteiger partial charge in [0.15, 0.2) is 0 Å². The Bertz CT molecular complexity index is 1450. The minimum absolute atomic E-state index is 0.0764. The fourth-order valence-electron chi connectivity index (χ4n) is 4.55. The Hall–Kier alpha value is -4.58. The van der Waals surface area contributed by atoms with E-state index < -0.39 is 11.9 Å². The van der Waals surface area contributed by atoms with Gasteiger partial charge in [0.2, 0.25) is 0 Å². The van der Waals surface area contributed by atoms with E-state index in [-0.39, 0.29) is 6.42 Å². The summed E-state index contributed by atoms with van der Waals surface area (Å²) in [6, 6.07) is 24.4. The van der Waals surface area contributed by atoms with Gasteiger partial charge in [0.25, 0.3) is 0 Å². The number of carboxylic acid groups (broad SMARTS) is 2. The van der Waals surface area contributed by atoms with Crippen molar-refractivity contribution >= 4 is 41.1 Å². The standard InChI is InChI=1S/C33H33NO5/c35-31(36)13-7-22-34-24-28(18-21-32(37)38)33-27(11-6-12-30(33)34)17-14-26-15-19-29(20-16-26)39-23-5-4-10-25-8-2-1-3-9-25/h1-3,6,8-9,11-12,14-21,24H,4-5,7,10,13,22-23H2,(H,35,36)(H,37,38)/b17-14+,21-18+. The van der Waals surface area contributed by atoms with Gasteiger partial charge in [-0.15, -0.1) is 0 Å². The Morgan fingerprint density at radius 1 is 0.795 bits per heavy atom. The third-order valence-electron chi connectivity index (χ3n) is 6.47. The molecule has 0 aliphatic heterocycles. The Morgan fingerprint density at radius 3 is 2.33 bits per heavy atom. The molecule has 6 heteroatoms. The van der Waals surface area contributed by atoms with Gasteiger partial charge in [-0.25, -0.2) is 4.79 Å². The lowest BCUT2D eigenvalue weighted by molar-refractivity contribution is -0.137. The minimum atomic E-state index is -1.02. The lowest BCUT2D eigenvalue weighted by Gasteiger charge is -2.07. The van der Waals surface area contributed by atoms with Crippen LogP contribution in [0.5, 0.6) is 5.75 Å². The molecule has 0 saturated heterocycles. The molecule has 0 spiro atoms. The number of unbranched alkanes of at least 4 members (excludes halogenated alkanes) is 1. The van der Waals surface area contributed by atoms with Gasteiger partial charge in [-0.1, -0.05) is 66.7 Å². The van der Waals surface area contributed by atoms with Crippen molar-refractivity contribution in [3.63, 3.8) is 0 Å².